The number of aliphatic carboxylic acids is 2. The molecule has 48 heavy (non-hydrogen) atoms. The molecule has 0 aliphatic heterocycles. The molecule has 0 unspecified atom stereocenters. The van der Waals surface area contributed by atoms with Gasteiger partial charge in [0.1, 0.15) is 17.3 Å². The number of rotatable bonds is 9. The number of hydrogen-bond acceptors (Lipinski definition) is 5. The molecule has 0 radical (unpaired) electrons. The van der Waals surface area contributed by atoms with Crippen molar-refractivity contribution in [2.24, 2.45) is 5.73 Å². The standard InChI is InChI=1S/C17H14F3NO4.C16H12F4O3/c1-9-6-10(16(21)24)2-4-12(9)13-7-11(17(18,19)20)3-5-14(13)25-8-15(22)23;1-9-11(3-2-4-13(9)17)12-7-10(16(18,19)20)5-6-14(12)23-8-15(21)22/h2-7H,8H2,1H3,(H2,21,24)(H,22,23);2-7H,8H2,1H3,(H,21,22). The van der Waals surface area contributed by atoms with Crippen molar-refractivity contribution < 1.29 is 64.8 Å². The summed E-state index contributed by atoms with van der Waals surface area (Å²) < 4.78 is 102. The summed E-state index contributed by atoms with van der Waals surface area (Å²) in [5.41, 5.74) is 4.84. The molecule has 0 atom stereocenters. The van der Waals surface area contributed by atoms with Crippen molar-refractivity contribution in [2.75, 3.05) is 13.2 Å². The molecular formula is C33H26F7NO7. The van der Waals surface area contributed by atoms with Gasteiger partial charge in [-0.1, -0.05) is 18.2 Å². The lowest BCUT2D eigenvalue weighted by Gasteiger charge is -2.16. The predicted octanol–water partition coefficient (Wildman–Crippen LogP) is 7.53. The molecule has 0 saturated carbocycles. The van der Waals surface area contributed by atoms with Crippen LogP contribution in [0.25, 0.3) is 22.3 Å². The number of alkyl halides is 6. The third kappa shape index (κ3) is 9.47. The summed E-state index contributed by atoms with van der Waals surface area (Å²) in [7, 11) is 0. The summed E-state index contributed by atoms with van der Waals surface area (Å²) in [5.74, 6) is -3.84. The second-order valence-corrected chi connectivity index (χ2v) is 10.1. The minimum Gasteiger partial charge on any atom is -0.481 e. The van der Waals surface area contributed by atoms with E-state index < -0.39 is 60.4 Å². The summed E-state index contributed by atoms with van der Waals surface area (Å²) in [6.45, 7) is 1.61. The highest BCUT2D eigenvalue weighted by Gasteiger charge is 2.32. The van der Waals surface area contributed by atoms with Crippen LogP contribution in [0.1, 0.15) is 32.6 Å². The van der Waals surface area contributed by atoms with Crippen LogP contribution < -0.4 is 15.2 Å². The first-order valence-electron chi connectivity index (χ1n) is 13.6. The average molecular weight is 682 g/mol. The summed E-state index contributed by atoms with van der Waals surface area (Å²) in [6, 6.07) is 13.7. The lowest BCUT2D eigenvalue weighted by atomic mass is 9.96. The number of carbonyl (C=O) groups excluding carboxylic acids is 1. The van der Waals surface area contributed by atoms with E-state index >= 15 is 0 Å². The number of nitrogens with two attached hydrogens (primary N) is 1. The van der Waals surface area contributed by atoms with E-state index in [1.165, 1.54) is 43.3 Å². The highest BCUT2D eigenvalue weighted by atomic mass is 19.4. The number of carboxylic acid groups (broad SMARTS) is 2. The van der Waals surface area contributed by atoms with Crippen LogP contribution in [-0.2, 0) is 21.9 Å². The van der Waals surface area contributed by atoms with Gasteiger partial charge < -0.3 is 25.4 Å². The van der Waals surface area contributed by atoms with Gasteiger partial charge in [-0.3, -0.25) is 4.79 Å². The molecule has 0 aliphatic carbocycles. The number of ether oxygens (including phenoxy) is 2. The number of hydrogen-bond donors (Lipinski definition) is 3. The Morgan fingerprint density at radius 1 is 0.667 bits per heavy atom. The van der Waals surface area contributed by atoms with Gasteiger partial charge in [0.15, 0.2) is 13.2 Å². The van der Waals surface area contributed by atoms with Gasteiger partial charge in [-0.05, 0) is 90.7 Å². The van der Waals surface area contributed by atoms with E-state index in [1.54, 1.807) is 6.92 Å². The summed E-state index contributed by atoms with van der Waals surface area (Å²) >= 11 is 0. The molecule has 0 bridgehead atoms. The average Bonchev–Trinajstić information content (AvgIpc) is 2.99. The van der Waals surface area contributed by atoms with Crippen molar-refractivity contribution in [3.8, 4) is 33.8 Å². The highest BCUT2D eigenvalue weighted by molar-refractivity contribution is 5.94. The molecule has 8 nitrogen and oxygen atoms in total. The topological polar surface area (TPSA) is 136 Å². The zero-order chi connectivity index (χ0) is 36.0. The van der Waals surface area contributed by atoms with Gasteiger partial charge in [0.05, 0.1) is 11.1 Å². The Labute approximate surface area is 268 Å². The predicted molar refractivity (Wildman–Crippen MR) is 158 cm³/mol. The number of benzene rings is 4. The van der Waals surface area contributed by atoms with Crippen molar-refractivity contribution in [3.63, 3.8) is 0 Å². The molecule has 0 heterocycles. The molecule has 0 aromatic heterocycles. The Bertz CT molecular complexity index is 1840. The van der Waals surface area contributed by atoms with Crippen LogP contribution in [0.3, 0.4) is 0 Å². The zero-order valence-corrected chi connectivity index (χ0v) is 25.0. The second-order valence-electron chi connectivity index (χ2n) is 10.1. The van der Waals surface area contributed by atoms with Crippen LogP contribution in [0.15, 0.2) is 72.8 Å². The number of carbonyl (C=O) groups is 3. The van der Waals surface area contributed by atoms with Gasteiger partial charge >= 0.3 is 24.3 Å². The van der Waals surface area contributed by atoms with E-state index in [0.29, 0.717) is 11.1 Å². The van der Waals surface area contributed by atoms with Crippen LogP contribution >= 0.6 is 0 Å². The Kier molecular flexibility index (Phi) is 11.4. The third-order valence-corrected chi connectivity index (χ3v) is 6.68. The first kappa shape index (κ1) is 36.9. The highest BCUT2D eigenvalue weighted by Crippen LogP contribution is 2.40. The number of halogens is 7. The Morgan fingerprint density at radius 2 is 1.15 bits per heavy atom. The second kappa shape index (κ2) is 14.9. The fourth-order valence-electron chi connectivity index (χ4n) is 4.38. The van der Waals surface area contributed by atoms with Gasteiger partial charge in [-0.15, -0.1) is 0 Å². The van der Waals surface area contributed by atoms with E-state index in [4.69, 9.17) is 25.4 Å². The van der Waals surface area contributed by atoms with Gasteiger partial charge in [-0.25, -0.2) is 14.0 Å². The third-order valence-electron chi connectivity index (χ3n) is 6.68. The van der Waals surface area contributed by atoms with E-state index in [2.05, 4.69) is 0 Å². The largest absolute Gasteiger partial charge is 0.481 e. The first-order chi connectivity index (χ1) is 22.3. The molecule has 4 aromatic rings. The fraction of sp³-hybridized carbons (Fsp3) is 0.182. The van der Waals surface area contributed by atoms with E-state index in [1.807, 2.05) is 0 Å². The van der Waals surface area contributed by atoms with Crippen molar-refractivity contribution in [3.05, 3.63) is 106 Å². The maximum absolute atomic E-state index is 13.7. The number of amides is 1. The van der Waals surface area contributed by atoms with E-state index in [9.17, 15) is 45.1 Å². The van der Waals surface area contributed by atoms with Crippen LogP contribution in [0.2, 0.25) is 0 Å². The number of carboxylic acids is 2. The van der Waals surface area contributed by atoms with Gasteiger partial charge in [0.25, 0.3) is 0 Å². The van der Waals surface area contributed by atoms with Gasteiger partial charge in [0, 0.05) is 16.7 Å². The van der Waals surface area contributed by atoms with Crippen molar-refractivity contribution in [1.82, 2.24) is 0 Å². The molecule has 1 amide bonds. The zero-order valence-electron chi connectivity index (χ0n) is 25.0. The minimum absolute atomic E-state index is 0.00896. The minimum atomic E-state index is -4.58. The summed E-state index contributed by atoms with van der Waals surface area (Å²) in [4.78, 5) is 32.5. The van der Waals surface area contributed by atoms with E-state index in [-0.39, 0.29) is 39.3 Å². The normalized spacial score (nSPS) is 11.3. The van der Waals surface area contributed by atoms with Gasteiger partial charge in [-0.2, -0.15) is 26.3 Å². The Morgan fingerprint density at radius 3 is 1.56 bits per heavy atom. The number of primary amides is 1. The molecule has 4 rings (SSSR count). The van der Waals surface area contributed by atoms with Crippen LogP contribution in [0.4, 0.5) is 30.7 Å². The maximum atomic E-state index is 13.7. The molecule has 4 N–H and O–H groups in total. The van der Waals surface area contributed by atoms with E-state index in [0.717, 1.165) is 36.4 Å². The van der Waals surface area contributed by atoms with Crippen molar-refractivity contribution in [2.45, 2.75) is 26.2 Å². The molecule has 0 spiro atoms. The summed E-state index contributed by atoms with van der Waals surface area (Å²) in [6.07, 6.45) is -9.15. The molecule has 0 aliphatic rings. The van der Waals surface area contributed by atoms with Crippen LogP contribution in [-0.4, -0.2) is 41.3 Å². The summed E-state index contributed by atoms with van der Waals surface area (Å²) in [5, 5.41) is 17.4. The number of aryl methyl sites for hydroxylation is 1. The van der Waals surface area contributed by atoms with Crippen LogP contribution in [0.5, 0.6) is 11.5 Å². The Hall–Kier alpha value is -5.60. The quantitative estimate of drug-likeness (QED) is 0.156. The molecule has 4 aromatic carbocycles. The smallest absolute Gasteiger partial charge is 0.416 e. The SMILES string of the molecule is Cc1c(F)cccc1-c1cc(C(F)(F)F)ccc1OCC(=O)O.Cc1cc(C(N)=O)ccc1-c1cc(C(F)(F)F)ccc1OCC(=O)O. The molecular weight excluding hydrogens is 655 g/mol. The first-order valence-corrected chi connectivity index (χ1v) is 13.6. The lowest BCUT2D eigenvalue weighted by Crippen LogP contribution is -2.12. The van der Waals surface area contributed by atoms with Crippen molar-refractivity contribution in [1.29, 1.82) is 0 Å². The molecule has 0 fully saturated rings. The van der Waals surface area contributed by atoms with Gasteiger partial charge in [0.2, 0.25) is 5.91 Å². The Balaban J connectivity index is 0.000000261. The van der Waals surface area contributed by atoms with Crippen LogP contribution in [0, 0.1) is 19.7 Å². The lowest BCUT2D eigenvalue weighted by molar-refractivity contribution is -0.140. The molecule has 254 valence electrons. The fourth-order valence-corrected chi connectivity index (χ4v) is 4.38. The maximum Gasteiger partial charge on any atom is 0.416 e. The molecule has 15 heteroatoms. The molecule has 0 saturated heterocycles. The monoisotopic (exact) mass is 681 g/mol. The van der Waals surface area contributed by atoms with Crippen molar-refractivity contribution >= 4 is 17.8 Å².